The van der Waals surface area contributed by atoms with E-state index in [1.165, 1.54) is 5.56 Å². The fourth-order valence-electron chi connectivity index (χ4n) is 3.73. The van der Waals surface area contributed by atoms with Crippen molar-refractivity contribution in [2.24, 2.45) is 5.41 Å². The third kappa shape index (κ3) is 13.0. The molecule has 0 fully saturated rings. The molecule has 0 saturated heterocycles. The molecule has 1 N–H and O–H groups in total. The number of nitrogens with one attached hydrogen (secondary N) is 1. The molecule has 2 aromatic rings. The summed E-state index contributed by atoms with van der Waals surface area (Å²) >= 11 is 0. The molecule has 1 amide bonds. The van der Waals surface area contributed by atoms with Crippen LogP contribution in [0.15, 0.2) is 36.7 Å². The zero-order valence-corrected chi connectivity index (χ0v) is 24.3. The summed E-state index contributed by atoms with van der Waals surface area (Å²) in [6.07, 6.45) is 6.24. The van der Waals surface area contributed by atoms with Crippen LogP contribution in [0.3, 0.4) is 0 Å². The van der Waals surface area contributed by atoms with Gasteiger partial charge in [-0.05, 0) is 54.4 Å². The maximum absolute atomic E-state index is 12.4. The summed E-state index contributed by atoms with van der Waals surface area (Å²) < 4.78 is 24.1. The highest BCUT2D eigenvalue weighted by molar-refractivity contribution is 5.94. The highest BCUT2D eigenvalue weighted by Gasteiger charge is 2.12. The molecule has 0 radical (unpaired) electrons. The van der Waals surface area contributed by atoms with E-state index in [0.29, 0.717) is 69.7 Å². The summed E-state index contributed by atoms with van der Waals surface area (Å²) in [5.41, 5.74) is 3.31. The van der Waals surface area contributed by atoms with Crippen LogP contribution in [0.2, 0.25) is 0 Å². The molecule has 1 heterocycles. The topological polar surface area (TPSA) is 83.8 Å². The molecule has 214 valence electrons. The average molecular weight is 532 g/mol. The van der Waals surface area contributed by atoms with Crippen LogP contribution in [0.4, 0.5) is 0 Å². The van der Waals surface area contributed by atoms with Crippen molar-refractivity contribution in [3.63, 3.8) is 0 Å². The molecule has 1 aromatic heterocycles. The maximum atomic E-state index is 12.4. The van der Waals surface area contributed by atoms with Crippen molar-refractivity contribution in [3.05, 3.63) is 53.3 Å². The third-order valence-corrected chi connectivity index (χ3v) is 6.20. The third-order valence-electron chi connectivity index (χ3n) is 6.20. The lowest BCUT2D eigenvalue weighted by molar-refractivity contribution is -0.00221. The maximum Gasteiger partial charge on any atom is 0.251 e. The van der Waals surface area contributed by atoms with Gasteiger partial charge in [0.15, 0.2) is 0 Å². The number of ether oxygens (including phenoxy) is 4. The molecule has 1 unspecified atom stereocenters. The molecule has 0 aliphatic heterocycles. The first-order chi connectivity index (χ1) is 18.2. The van der Waals surface area contributed by atoms with Gasteiger partial charge in [-0.15, -0.1) is 0 Å². The zero-order valence-electron chi connectivity index (χ0n) is 24.3. The van der Waals surface area contributed by atoms with Crippen molar-refractivity contribution in [1.82, 2.24) is 15.1 Å². The number of hydrogen-bond acceptors (Lipinski definition) is 6. The molecule has 2 rings (SSSR count). The predicted molar refractivity (Wildman–Crippen MR) is 151 cm³/mol. The number of rotatable bonds is 19. The van der Waals surface area contributed by atoms with Gasteiger partial charge in [0.05, 0.1) is 58.5 Å². The van der Waals surface area contributed by atoms with E-state index in [9.17, 15) is 4.79 Å². The van der Waals surface area contributed by atoms with Crippen molar-refractivity contribution in [2.45, 2.75) is 66.3 Å². The number of nitrogens with zero attached hydrogens (tertiary/aromatic N) is 2. The molecular weight excluding hydrogens is 482 g/mol. The SMILES string of the molecule is CC(C)c1cnn(C(C)c2ccc(C(=O)NCCOCCOCCOCCOCCCC(C)(C)C)cc2)c1. The van der Waals surface area contributed by atoms with E-state index >= 15 is 0 Å². The minimum absolute atomic E-state index is 0.101. The Hall–Kier alpha value is -2.26. The summed E-state index contributed by atoms with van der Waals surface area (Å²) in [5, 5.41) is 7.38. The second-order valence-corrected chi connectivity index (χ2v) is 11.1. The van der Waals surface area contributed by atoms with Crippen molar-refractivity contribution in [1.29, 1.82) is 0 Å². The summed E-state index contributed by atoms with van der Waals surface area (Å²) in [4.78, 5) is 12.4. The second-order valence-electron chi connectivity index (χ2n) is 11.1. The first kappa shape index (κ1) is 32.0. The predicted octanol–water partition coefficient (Wildman–Crippen LogP) is 5.24. The van der Waals surface area contributed by atoms with Gasteiger partial charge in [-0.3, -0.25) is 9.48 Å². The minimum Gasteiger partial charge on any atom is -0.379 e. The molecule has 0 saturated carbocycles. The van der Waals surface area contributed by atoms with Crippen LogP contribution in [0.25, 0.3) is 0 Å². The molecule has 8 heteroatoms. The fourth-order valence-corrected chi connectivity index (χ4v) is 3.73. The van der Waals surface area contributed by atoms with Crippen molar-refractivity contribution >= 4 is 5.91 Å². The number of hydrogen-bond donors (Lipinski definition) is 1. The van der Waals surface area contributed by atoms with Crippen LogP contribution in [0, 0.1) is 5.41 Å². The normalized spacial score (nSPS) is 12.7. The van der Waals surface area contributed by atoms with Crippen molar-refractivity contribution in [2.75, 3.05) is 59.4 Å². The molecule has 8 nitrogen and oxygen atoms in total. The van der Waals surface area contributed by atoms with E-state index in [0.717, 1.165) is 25.0 Å². The average Bonchev–Trinajstić information content (AvgIpc) is 3.38. The summed E-state index contributed by atoms with van der Waals surface area (Å²) in [6, 6.07) is 7.77. The number of benzene rings is 1. The molecule has 0 spiro atoms. The molecule has 0 aliphatic rings. The molecule has 1 aromatic carbocycles. The monoisotopic (exact) mass is 531 g/mol. The Morgan fingerprint density at radius 3 is 1.92 bits per heavy atom. The number of aromatic nitrogens is 2. The smallest absolute Gasteiger partial charge is 0.251 e. The molecular formula is C30H49N3O5. The van der Waals surface area contributed by atoms with Crippen LogP contribution in [0.5, 0.6) is 0 Å². The van der Waals surface area contributed by atoms with Gasteiger partial charge >= 0.3 is 0 Å². The van der Waals surface area contributed by atoms with Gasteiger partial charge in [0, 0.05) is 24.9 Å². The van der Waals surface area contributed by atoms with Crippen LogP contribution in [-0.2, 0) is 18.9 Å². The first-order valence-corrected chi connectivity index (χ1v) is 13.9. The van der Waals surface area contributed by atoms with E-state index in [1.807, 2.05) is 35.1 Å². The van der Waals surface area contributed by atoms with E-state index in [4.69, 9.17) is 18.9 Å². The molecule has 38 heavy (non-hydrogen) atoms. The Kier molecular flexibility index (Phi) is 14.6. The van der Waals surface area contributed by atoms with Crippen LogP contribution in [-0.4, -0.2) is 75.1 Å². The van der Waals surface area contributed by atoms with Gasteiger partial charge in [-0.2, -0.15) is 5.10 Å². The number of amides is 1. The zero-order chi connectivity index (χ0) is 27.8. The largest absolute Gasteiger partial charge is 0.379 e. The van der Waals surface area contributed by atoms with Crippen LogP contribution >= 0.6 is 0 Å². The van der Waals surface area contributed by atoms with Gasteiger partial charge < -0.3 is 24.3 Å². The highest BCUT2D eigenvalue weighted by atomic mass is 16.6. The van der Waals surface area contributed by atoms with E-state index in [2.05, 4.69) is 58.2 Å². The van der Waals surface area contributed by atoms with E-state index in [1.54, 1.807) is 0 Å². The van der Waals surface area contributed by atoms with Crippen molar-refractivity contribution in [3.8, 4) is 0 Å². The quantitative estimate of drug-likeness (QED) is 0.250. The van der Waals surface area contributed by atoms with Gasteiger partial charge in [0.25, 0.3) is 5.91 Å². The van der Waals surface area contributed by atoms with Crippen molar-refractivity contribution < 1.29 is 23.7 Å². The van der Waals surface area contributed by atoms with Gasteiger partial charge in [-0.1, -0.05) is 46.8 Å². The Morgan fingerprint density at radius 2 is 1.39 bits per heavy atom. The Morgan fingerprint density at radius 1 is 0.842 bits per heavy atom. The second kappa shape index (κ2) is 17.4. The number of carbonyl (C=O) groups excluding carboxylic acids is 1. The lowest BCUT2D eigenvalue weighted by Gasteiger charge is -2.17. The van der Waals surface area contributed by atoms with Gasteiger partial charge in [0.2, 0.25) is 0 Å². The Labute approximate surface area is 229 Å². The number of carbonyl (C=O) groups is 1. The van der Waals surface area contributed by atoms with E-state index in [-0.39, 0.29) is 11.9 Å². The lowest BCUT2D eigenvalue weighted by atomic mass is 9.91. The highest BCUT2D eigenvalue weighted by Crippen LogP contribution is 2.21. The summed E-state index contributed by atoms with van der Waals surface area (Å²) in [7, 11) is 0. The summed E-state index contributed by atoms with van der Waals surface area (Å²) in [5.74, 6) is 0.336. The van der Waals surface area contributed by atoms with Crippen LogP contribution < -0.4 is 5.32 Å². The molecule has 0 aliphatic carbocycles. The summed E-state index contributed by atoms with van der Waals surface area (Å²) in [6.45, 7) is 18.1. The first-order valence-electron chi connectivity index (χ1n) is 13.9. The minimum atomic E-state index is -0.111. The molecule has 1 atom stereocenters. The Bertz CT molecular complexity index is 905. The van der Waals surface area contributed by atoms with Gasteiger partial charge in [0.1, 0.15) is 0 Å². The fraction of sp³-hybridized carbons (Fsp3) is 0.667. The van der Waals surface area contributed by atoms with Crippen LogP contribution in [0.1, 0.15) is 87.8 Å². The molecule has 0 bridgehead atoms. The Balaban J connectivity index is 1.46. The van der Waals surface area contributed by atoms with E-state index < -0.39 is 0 Å². The van der Waals surface area contributed by atoms with Gasteiger partial charge in [-0.25, -0.2) is 0 Å². The standard InChI is InChI=1S/C30H49N3O5/c1-24(2)28-22-32-33(23-28)25(3)26-8-10-27(11-9-26)29(34)31-13-15-36-17-19-38-21-20-37-18-16-35-14-7-12-30(4,5)6/h8-11,22-25H,7,12-21H2,1-6H3,(H,31,34). The lowest BCUT2D eigenvalue weighted by Crippen LogP contribution is -2.27.